The molecule has 0 aromatic rings. The lowest BCUT2D eigenvalue weighted by Crippen LogP contribution is -2.30. The van der Waals surface area contributed by atoms with Crippen molar-refractivity contribution in [1.82, 2.24) is 0 Å². The number of unbranched alkanes of at least 4 members (excludes halogenated alkanes) is 27. The van der Waals surface area contributed by atoms with Gasteiger partial charge in [-0.1, -0.05) is 216 Å². The number of hydrogen-bond donors (Lipinski definition) is 0. The van der Waals surface area contributed by atoms with E-state index in [1.54, 1.807) is 0 Å². The number of allylic oxidation sites excluding steroid dienone is 12. The van der Waals surface area contributed by atoms with Crippen molar-refractivity contribution in [2.24, 2.45) is 0 Å². The van der Waals surface area contributed by atoms with Gasteiger partial charge in [-0.2, -0.15) is 0 Å². The maximum absolute atomic E-state index is 12.8. The molecule has 0 aromatic heterocycles. The smallest absolute Gasteiger partial charge is 0.306 e. The molecule has 0 aliphatic carbocycles. The molecule has 0 saturated carbocycles. The molecule has 0 spiro atoms. The lowest BCUT2D eigenvalue weighted by Gasteiger charge is -2.18. The van der Waals surface area contributed by atoms with Crippen LogP contribution in [0.2, 0.25) is 0 Å². The van der Waals surface area contributed by atoms with E-state index in [0.717, 1.165) is 83.5 Å². The third-order valence-electron chi connectivity index (χ3n) is 11.7. The molecule has 0 heterocycles. The van der Waals surface area contributed by atoms with Crippen molar-refractivity contribution in [2.45, 2.75) is 271 Å². The lowest BCUT2D eigenvalue weighted by molar-refractivity contribution is -0.163. The Morgan fingerprint density at radius 3 is 1.19 bits per heavy atom. The minimum atomic E-state index is -0.560. The summed E-state index contributed by atoms with van der Waals surface area (Å²) in [6, 6.07) is 0. The van der Waals surface area contributed by atoms with Crippen LogP contribution in [0.25, 0.3) is 0 Å². The topological polar surface area (TPSA) is 61.8 Å². The Kier molecular flexibility index (Phi) is 52.4. The molecule has 1 atom stereocenters. The normalized spacial score (nSPS) is 12.7. The van der Waals surface area contributed by atoms with Gasteiger partial charge in [0.2, 0.25) is 0 Å². The van der Waals surface area contributed by atoms with Gasteiger partial charge in [0.1, 0.15) is 6.61 Å². The Morgan fingerprint density at radius 2 is 0.703 bits per heavy atom. The van der Waals surface area contributed by atoms with Gasteiger partial charge in [0.15, 0.2) is 6.10 Å². The van der Waals surface area contributed by atoms with Crippen molar-refractivity contribution >= 4 is 11.9 Å². The Bertz CT molecular complexity index is 1150. The summed E-state index contributed by atoms with van der Waals surface area (Å²) in [5.74, 6) is -0.451. The summed E-state index contributed by atoms with van der Waals surface area (Å²) in [6.45, 7) is 7.66. The van der Waals surface area contributed by atoms with Crippen molar-refractivity contribution in [3.63, 3.8) is 0 Å². The van der Waals surface area contributed by atoms with E-state index in [4.69, 9.17) is 14.2 Å². The van der Waals surface area contributed by atoms with E-state index in [-0.39, 0.29) is 25.2 Å². The van der Waals surface area contributed by atoms with E-state index in [1.807, 2.05) is 0 Å². The van der Waals surface area contributed by atoms with E-state index in [9.17, 15) is 9.59 Å². The van der Waals surface area contributed by atoms with E-state index < -0.39 is 6.10 Å². The van der Waals surface area contributed by atoms with Gasteiger partial charge in [-0.05, 0) is 109 Å². The zero-order valence-electron chi connectivity index (χ0n) is 42.5. The minimum Gasteiger partial charge on any atom is -0.462 e. The van der Waals surface area contributed by atoms with Gasteiger partial charge in [0.05, 0.1) is 6.61 Å². The fourth-order valence-corrected chi connectivity index (χ4v) is 7.61. The number of carbonyl (C=O) groups excluding carboxylic acids is 2. The molecule has 5 heteroatoms. The summed E-state index contributed by atoms with van der Waals surface area (Å²) in [7, 11) is 0. The maximum atomic E-state index is 12.8. The summed E-state index contributed by atoms with van der Waals surface area (Å²) >= 11 is 0. The van der Waals surface area contributed by atoms with Crippen LogP contribution in [0.4, 0.5) is 0 Å². The average Bonchev–Trinajstić information content (AvgIpc) is 3.30. The van der Waals surface area contributed by atoms with Crippen LogP contribution in [0, 0.1) is 0 Å². The van der Waals surface area contributed by atoms with Gasteiger partial charge in [0.25, 0.3) is 0 Å². The maximum Gasteiger partial charge on any atom is 0.306 e. The van der Waals surface area contributed by atoms with Gasteiger partial charge in [-0.3, -0.25) is 9.59 Å². The number of esters is 2. The number of rotatable bonds is 50. The standard InChI is InChI=1S/C59H104O5/c1-4-7-10-13-16-19-22-25-27-28-29-30-31-33-36-39-42-45-48-51-54-62-55-57(64-59(61)53-50-47-44-41-38-34-24-21-18-15-12-9-6-3)56-63-58(60)52-49-46-43-40-37-35-32-26-23-20-17-14-11-8-5-2/h8,11,17,20-21,24-27,32,37,40,57H,4-7,9-10,12-16,18-19,22-23,28-31,33-36,38-39,41-56H2,1-3H3/b11-8-,20-17-,24-21-,27-25-,32-26-,40-37-. The van der Waals surface area contributed by atoms with Crippen LogP contribution in [0.1, 0.15) is 265 Å². The lowest BCUT2D eigenvalue weighted by atomic mass is 10.1. The second-order valence-electron chi connectivity index (χ2n) is 18.1. The molecule has 64 heavy (non-hydrogen) atoms. The second-order valence-corrected chi connectivity index (χ2v) is 18.1. The highest BCUT2D eigenvalue weighted by Crippen LogP contribution is 2.14. The van der Waals surface area contributed by atoms with Crippen LogP contribution in [0.15, 0.2) is 72.9 Å². The Morgan fingerprint density at radius 1 is 0.359 bits per heavy atom. The zero-order valence-corrected chi connectivity index (χ0v) is 42.5. The SMILES string of the molecule is CC/C=C\C/C=C\C/C=C\C/C=C\CCCCC(=O)OCC(COCCCCCCCCCCCC/C=C\CCCCCCCC)OC(=O)CCCCCCC/C=C\CCCCCC. The molecule has 0 amide bonds. The first-order chi connectivity index (χ1) is 31.6. The van der Waals surface area contributed by atoms with Crippen LogP contribution in [0.5, 0.6) is 0 Å². The fraction of sp³-hybridized carbons (Fsp3) is 0.763. The minimum absolute atomic E-state index is 0.0590. The molecule has 0 fully saturated rings. The van der Waals surface area contributed by atoms with Gasteiger partial charge < -0.3 is 14.2 Å². The number of hydrogen-bond acceptors (Lipinski definition) is 5. The molecule has 0 bridgehead atoms. The molecule has 370 valence electrons. The van der Waals surface area contributed by atoms with Crippen LogP contribution in [0.3, 0.4) is 0 Å². The third-order valence-corrected chi connectivity index (χ3v) is 11.7. The molecular weight excluding hydrogens is 789 g/mol. The first-order valence-corrected chi connectivity index (χ1v) is 27.5. The molecule has 5 nitrogen and oxygen atoms in total. The van der Waals surface area contributed by atoms with Crippen LogP contribution in [-0.4, -0.2) is 37.9 Å². The predicted molar refractivity (Wildman–Crippen MR) is 279 cm³/mol. The van der Waals surface area contributed by atoms with E-state index in [2.05, 4.69) is 93.7 Å². The van der Waals surface area contributed by atoms with Gasteiger partial charge in [0, 0.05) is 19.4 Å². The van der Waals surface area contributed by atoms with E-state index in [0.29, 0.717) is 19.4 Å². The summed E-state index contributed by atoms with van der Waals surface area (Å²) < 4.78 is 17.4. The fourth-order valence-electron chi connectivity index (χ4n) is 7.61. The Balaban J connectivity index is 4.29. The Hall–Kier alpha value is -2.66. The van der Waals surface area contributed by atoms with E-state index >= 15 is 0 Å². The van der Waals surface area contributed by atoms with Crippen molar-refractivity contribution < 1.29 is 23.8 Å². The number of carbonyl (C=O) groups is 2. The van der Waals surface area contributed by atoms with E-state index in [1.165, 1.54) is 148 Å². The average molecular weight is 893 g/mol. The monoisotopic (exact) mass is 893 g/mol. The third kappa shape index (κ3) is 52.0. The molecule has 0 aromatic carbocycles. The molecule has 0 saturated heterocycles. The first kappa shape index (κ1) is 61.3. The van der Waals surface area contributed by atoms with Crippen LogP contribution in [-0.2, 0) is 23.8 Å². The number of ether oxygens (including phenoxy) is 3. The van der Waals surface area contributed by atoms with Crippen molar-refractivity contribution in [1.29, 1.82) is 0 Å². The molecule has 1 unspecified atom stereocenters. The predicted octanol–water partition coefficient (Wildman–Crippen LogP) is 18.7. The summed E-state index contributed by atoms with van der Waals surface area (Å²) in [5.41, 5.74) is 0. The van der Waals surface area contributed by atoms with Crippen molar-refractivity contribution in [3.05, 3.63) is 72.9 Å². The van der Waals surface area contributed by atoms with Crippen LogP contribution < -0.4 is 0 Å². The van der Waals surface area contributed by atoms with Gasteiger partial charge >= 0.3 is 11.9 Å². The van der Waals surface area contributed by atoms with Crippen molar-refractivity contribution in [2.75, 3.05) is 19.8 Å². The quantitative estimate of drug-likeness (QED) is 0.0346. The highest BCUT2D eigenvalue weighted by Gasteiger charge is 2.17. The van der Waals surface area contributed by atoms with Gasteiger partial charge in [-0.25, -0.2) is 0 Å². The second kappa shape index (κ2) is 54.7. The molecule has 0 aliphatic rings. The molecular formula is C59H104O5. The summed E-state index contributed by atoms with van der Waals surface area (Å²) in [4.78, 5) is 25.4. The van der Waals surface area contributed by atoms with Crippen LogP contribution >= 0.6 is 0 Å². The molecule has 0 radical (unpaired) electrons. The summed E-state index contributed by atoms with van der Waals surface area (Å²) in [6.07, 6.45) is 70.7. The largest absolute Gasteiger partial charge is 0.462 e. The highest BCUT2D eigenvalue weighted by atomic mass is 16.6. The molecule has 0 rings (SSSR count). The zero-order chi connectivity index (χ0) is 46.3. The van der Waals surface area contributed by atoms with Gasteiger partial charge in [-0.15, -0.1) is 0 Å². The highest BCUT2D eigenvalue weighted by molar-refractivity contribution is 5.70. The molecule has 0 aliphatic heterocycles. The Labute approximate surface area is 397 Å². The van der Waals surface area contributed by atoms with Crippen molar-refractivity contribution in [3.8, 4) is 0 Å². The molecule has 0 N–H and O–H groups in total. The summed E-state index contributed by atoms with van der Waals surface area (Å²) in [5, 5.41) is 0. The first-order valence-electron chi connectivity index (χ1n) is 27.5.